The van der Waals surface area contributed by atoms with Gasteiger partial charge < -0.3 is 5.11 Å². The third kappa shape index (κ3) is 2.65. The molecule has 17 heavy (non-hydrogen) atoms. The van der Waals surface area contributed by atoms with Crippen LogP contribution in [0.25, 0.3) is 0 Å². The van der Waals surface area contributed by atoms with Gasteiger partial charge in [-0.2, -0.15) is 0 Å². The van der Waals surface area contributed by atoms with Gasteiger partial charge in [0.15, 0.2) is 5.13 Å². The minimum Gasteiger partial charge on any atom is -0.506 e. The van der Waals surface area contributed by atoms with Crippen molar-refractivity contribution in [3.05, 3.63) is 39.3 Å². The Kier molecular flexibility index (Phi) is 3.44. The van der Waals surface area contributed by atoms with E-state index in [4.69, 9.17) is 0 Å². The van der Waals surface area contributed by atoms with E-state index in [1.165, 1.54) is 11.3 Å². The Morgan fingerprint density at radius 3 is 2.94 bits per heavy atom. The first kappa shape index (κ1) is 12.1. The van der Waals surface area contributed by atoms with Crippen molar-refractivity contribution < 1.29 is 9.90 Å². The summed E-state index contributed by atoms with van der Waals surface area (Å²) in [7, 11) is 0. The average molecular weight is 313 g/mol. The first-order valence-electron chi connectivity index (χ1n) is 4.78. The number of rotatable bonds is 2. The molecule has 0 saturated heterocycles. The van der Waals surface area contributed by atoms with Crippen LogP contribution in [0.1, 0.15) is 15.9 Å². The van der Waals surface area contributed by atoms with Crippen molar-refractivity contribution in [3.63, 3.8) is 0 Å². The van der Waals surface area contributed by atoms with Crippen molar-refractivity contribution in [2.24, 2.45) is 0 Å². The molecular weight excluding hydrogens is 304 g/mol. The van der Waals surface area contributed by atoms with Crippen LogP contribution >= 0.6 is 27.3 Å². The van der Waals surface area contributed by atoms with Crippen LogP contribution in [-0.2, 0) is 0 Å². The lowest BCUT2D eigenvalue weighted by Crippen LogP contribution is -2.12. The molecule has 0 spiro atoms. The van der Waals surface area contributed by atoms with Gasteiger partial charge in [0, 0.05) is 11.6 Å². The average Bonchev–Trinajstić information content (AvgIpc) is 2.76. The number of thiazole rings is 1. The fourth-order valence-electron chi connectivity index (χ4n) is 1.36. The highest BCUT2D eigenvalue weighted by Gasteiger charge is 2.15. The van der Waals surface area contributed by atoms with E-state index in [0.717, 1.165) is 5.56 Å². The number of hydrogen-bond acceptors (Lipinski definition) is 4. The number of phenolic OH excluding ortho intramolecular Hbond substituents is 1. The van der Waals surface area contributed by atoms with Gasteiger partial charge >= 0.3 is 0 Å². The highest BCUT2D eigenvalue weighted by Crippen LogP contribution is 2.30. The molecule has 0 atom stereocenters. The van der Waals surface area contributed by atoms with Crippen LogP contribution in [0.5, 0.6) is 5.75 Å². The van der Waals surface area contributed by atoms with Gasteiger partial charge in [0.25, 0.3) is 5.91 Å². The molecule has 0 unspecified atom stereocenters. The Labute approximate surface area is 110 Å². The summed E-state index contributed by atoms with van der Waals surface area (Å²) in [6.45, 7) is 1.85. The maximum absolute atomic E-state index is 11.9. The molecule has 0 aliphatic carbocycles. The molecule has 2 N–H and O–H groups in total. The molecule has 0 aliphatic rings. The Morgan fingerprint density at radius 1 is 1.53 bits per heavy atom. The molecule has 4 nitrogen and oxygen atoms in total. The zero-order valence-corrected chi connectivity index (χ0v) is 11.3. The highest BCUT2D eigenvalue weighted by molar-refractivity contribution is 9.10. The van der Waals surface area contributed by atoms with Gasteiger partial charge in [0.1, 0.15) is 5.75 Å². The SMILES string of the molecule is Cc1cc(Br)c(O)c(C(=O)Nc2nccs2)c1. The van der Waals surface area contributed by atoms with E-state index < -0.39 is 0 Å². The zero-order chi connectivity index (χ0) is 12.4. The Morgan fingerprint density at radius 2 is 2.29 bits per heavy atom. The maximum atomic E-state index is 11.9. The Balaban J connectivity index is 2.31. The third-order valence-electron chi connectivity index (χ3n) is 2.11. The van der Waals surface area contributed by atoms with Crippen LogP contribution in [-0.4, -0.2) is 16.0 Å². The third-order valence-corrected chi connectivity index (χ3v) is 3.40. The van der Waals surface area contributed by atoms with E-state index in [1.807, 2.05) is 6.92 Å². The van der Waals surface area contributed by atoms with Crippen molar-refractivity contribution >= 4 is 38.3 Å². The first-order valence-corrected chi connectivity index (χ1v) is 6.45. The standard InChI is InChI=1S/C11H9BrN2O2S/c1-6-4-7(9(15)8(12)5-6)10(16)14-11-13-2-3-17-11/h2-5,15H,1H3,(H,13,14,16). The number of amides is 1. The monoisotopic (exact) mass is 312 g/mol. The summed E-state index contributed by atoms with van der Waals surface area (Å²) >= 11 is 4.52. The number of hydrogen-bond donors (Lipinski definition) is 2. The quantitative estimate of drug-likeness (QED) is 0.895. The molecule has 0 saturated carbocycles. The molecule has 0 bridgehead atoms. The molecule has 1 amide bonds. The predicted octanol–water partition coefficient (Wildman–Crippen LogP) is 3.17. The topological polar surface area (TPSA) is 62.2 Å². The van der Waals surface area contributed by atoms with Crippen LogP contribution in [0.2, 0.25) is 0 Å². The van der Waals surface area contributed by atoms with Gasteiger partial charge in [-0.05, 0) is 40.5 Å². The molecule has 6 heteroatoms. The van der Waals surface area contributed by atoms with Crippen molar-refractivity contribution in [1.29, 1.82) is 0 Å². The molecule has 2 rings (SSSR count). The summed E-state index contributed by atoms with van der Waals surface area (Å²) < 4.78 is 0.502. The maximum Gasteiger partial charge on any atom is 0.261 e. The van der Waals surface area contributed by atoms with Crippen LogP contribution in [0.3, 0.4) is 0 Å². The molecule has 0 aliphatic heterocycles. The number of aromatic nitrogens is 1. The fraction of sp³-hybridized carbons (Fsp3) is 0.0909. The number of benzene rings is 1. The smallest absolute Gasteiger partial charge is 0.261 e. The molecule has 0 fully saturated rings. The Hall–Kier alpha value is -1.40. The summed E-state index contributed by atoms with van der Waals surface area (Å²) in [6.07, 6.45) is 1.60. The zero-order valence-electron chi connectivity index (χ0n) is 8.90. The van der Waals surface area contributed by atoms with E-state index >= 15 is 0 Å². The van der Waals surface area contributed by atoms with Crippen LogP contribution in [0.15, 0.2) is 28.2 Å². The summed E-state index contributed by atoms with van der Waals surface area (Å²) in [6, 6.07) is 3.37. The second kappa shape index (κ2) is 4.85. The summed E-state index contributed by atoms with van der Waals surface area (Å²) in [4.78, 5) is 15.9. The molecular formula is C11H9BrN2O2S. The van der Waals surface area contributed by atoms with Gasteiger partial charge in [-0.15, -0.1) is 11.3 Å². The molecule has 1 aromatic carbocycles. The first-order chi connectivity index (χ1) is 8.08. The highest BCUT2D eigenvalue weighted by atomic mass is 79.9. The second-order valence-corrected chi connectivity index (χ2v) is 5.18. The lowest BCUT2D eigenvalue weighted by atomic mass is 10.1. The molecule has 1 aromatic heterocycles. The Bertz CT molecular complexity index is 555. The van der Waals surface area contributed by atoms with Gasteiger partial charge in [0.05, 0.1) is 10.0 Å². The largest absolute Gasteiger partial charge is 0.506 e. The minimum atomic E-state index is -0.373. The summed E-state index contributed by atoms with van der Waals surface area (Å²) in [5.74, 6) is -0.438. The number of carbonyl (C=O) groups excluding carboxylic acids is 1. The summed E-state index contributed by atoms with van der Waals surface area (Å²) in [5, 5.41) is 14.7. The summed E-state index contributed by atoms with van der Waals surface area (Å²) in [5.41, 5.74) is 1.12. The van der Waals surface area contributed by atoms with E-state index in [-0.39, 0.29) is 17.2 Å². The lowest BCUT2D eigenvalue weighted by molar-refractivity contribution is 0.102. The number of anilines is 1. The van der Waals surface area contributed by atoms with Crippen molar-refractivity contribution in [3.8, 4) is 5.75 Å². The molecule has 0 radical (unpaired) electrons. The second-order valence-electron chi connectivity index (χ2n) is 3.43. The number of nitrogens with zero attached hydrogens (tertiary/aromatic N) is 1. The van der Waals surface area contributed by atoms with E-state index in [9.17, 15) is 9.90 Å². The number of phenols is 1. The molecule has 1 heterocycles. The normalized spacial score (nSPS) is 10.2. The number of carbonyl (C=O) groups is 1. The molecule has 2 aromatic rings. The number of nitrogens with one attached hydrogen (secondary N) is 1. The van der Waals surface area contributed by atoms with Crippen LogP contribution in [0.4, 0.5) is 5.13 Å². The molecule has 88 valence electrons. The predicted molar refractivity (Wildman–Crippen MR) is 70.6 cm³/mol. The lowest BCUT2D eigenvalue weighted by Gasteiger charge is -2.07. The van der Waals surface area contributed by atoms with Crippen molar-refractivity contribution in [1.82, 2.24) is 4.98 Å². The number of halogens is 1. The fourth-order valence-corrected chi connectivity index (χ4v) is 2.46. The van der Waals surface area contributed by atoms with E-state index in [2.05, 4.69) is 26.2 Å². The van der Waals surface area contributed by atoms with Gasteiger partial charge in [-0.3, -0.25) is 10.1 Å². The van der Waals surface area contributed by atoms with E-state index in [1.54, 1.807) is 23.7 Å². The van der Waals surface area contributed by atoms with E-state index in [0.29, 0.717) is 9.60 Å². The van der Waals surface area contributed by atoms with Crippen molar-refractivity contribution in [2.45, 2.75) is 6.92 Å². The number of aromatic hydroxyl groups is 1. The van der Waals surface area contributed by atoms with Crippen LogP contribution < -0.4 is 5.32 Å². The van der Waals surface area contributed by atoms with Gasteiger partial charge in [-0.25, -0.2) is 4.98 Å². The van der Waals surface area contributed by atoms with Gasteiger partial charge in [-0.1, -0.05) is 0 Å². The van der Waals surface area contributed by atoms with Gasteiger partial charge in [0.2, 0.25) is 0 Å². The van der Waals surface area contributed by atoms with Crippen molar-refractivity contribution in [2.75, 3.05) is 5.32 Å². The minimum absolute atomic E-state index is 0.0651. The number of aryl methyl sites for hydroxylation is 1. The van der Waals surface area contributed by atoms with Crippen LogP contribution in [0, 0.1) is 6.92 Å².